The van der Waals surface area contributed by atoms with Gasteiger partial charge < -0.3 is 4.48 Å². The van der Waals surface area contributed by atoms with Crippen LogP contribution in [0.15, 0.2) is 24.3 Å². The Kier molecular flexibility index (Phi) is 3.68. The van der Waals surface area contributed by atoms with Crippen LogP contribution in [0, 0.1) is 9.49 Å². The third-order valence-electron chi connectivity index (χ3n) is 4.97. The molecule has 1 saturated carbocycles. The van der Waals surface area contributed by atoms with Gasteiger partial charge in [0.15, 0.2) is 0 Å². The molecule has 2 fully saturated rings. The van der Waals surface area contributed by atoms with E-state index in [2.05, 4.69) is 53.8 Å². The molecule has 1 aromatic rings. The fraction of sp³-hybridized carbons (Fsp3) is 0.625. The van der Waals surface area contributed by atoms with Gasteiger partial charge in [-0.2, -0.15) is 0 Å². The molecule has 1 atom stereocenters. The van der Waals surface area contributed by atoms with E-state index in [-0.39, 0.29) is 0 Å². The maximum absolute atomic E-state index is 2.54. The third kappa shape index (κ3) is 2.22. The molecule has 3 rings (SSSR count). The third-order valence-corrected chi connectivity index (χ3v) is 5.95. The molecule has 1 unspecified atom stereocenters. The van der Waals surface area contributed by atoms with Gasteiger partial charge in [-0.15, -0.1) is 0 Å². The lowest BCUT2D eigenvalue weighted by atomic mass is 9.98. The Bertz CT molecular complexity index is 419. The number of rotatable bonds is 4. The van der Waals surface area contributed by atoms with E-state index in [0.29, 0.717) is 0 Å². The molecule has 0 spiro atoms. The van der Waals surface area contributed by atoms with Crippen LogP contribution < -0.4 is 0 Å². The Morgan fingerprint density at radius 1 is 1.22 bits per heavy atom. The van der Waals surface area contributed by atoms with E-state index in [1.165, 1.54) is 53.4 Å². The summed E-state index contributed by atoms with van der Waals surface area (Å²) in [5.41, 5.74) is 1.63. The molecule has 0 radical (unpaired) electrons. The van der Waals surface area contributed by atoms with Gasteiger partial charge in [0.25, 0.3) is 0 Å². The van der Waals surface area contributed by atoms with Crippen molar-refractivity contribution in [2.75, 3.05) is 19.6 Å². The lowest BCUT2D eigenvalue weighted by molar-refractivity contribution is -0.947. The summed E-state index contributed by atoms with van der Waals surface area (Å²) >= 11 is 2.54. The van der Waals surface area contributed by atoms with Gasteiger partial charge in [0.1, 0.15) is 6.04 Å². The molecule has 1 aliphatic carbocycles. The highest BCUT2D eigenvalue weighted by Gasteiger charge is 2.48. The summed E-state index contributed by atoms with van der Waals surface area (Å²) in [4.78, 5) is 0. The zero-order valence-electron chi connectivity index (χ0n) is 11.2. The molecule has 1 nitrogen and oxygen atoms in total. The minimum absolute atomic E-state index is 0.783. The first-order valence-electron chi connectivity index (χ1n) is 7.37. The first kappa shape index (κ1) is 12.9. The minimum atomic E-state index is 0.783. The summed E-state index contributed by atoms with van der Waals surface area (Å²) in [6, 6.07) is 9.86. The second-order valence-corrected chi connectivity index (χ2v) is 7.16. The number of hydrogen-bond acceptors (Lipinski definition) is 0. The van der Waals surface area contributed by atoms with Crippen molar-refractivity contribution in [3.63, 3.8) is 0 Å². The second-order valence-electron chi connectivity index (χ2n) is 5.99. The van der Waals surface area contributed by atoms with Crippen LogP contribution in [-0.4, -0.2) is 24.1 Å². The van der Waals surface area contributed by atoms with Gasteiger partial charge in [-0.25, -0.2) is 0 Å². The predicted molar refractivity (Wildman–Crippen MR) is 84.4 cm³/mol. The normalized spacial score (nSPS) is 24.1. The van der Waals surface area contributed by atoms with E-state index in [1.807, 2.05) is 0 Å². The zero-order valence-corrected chi connectivity index (χ0v) is 13.4. The van der Waals surface area contributed by atoms with Gasteiger partial charge >= 0.3 is 0 Å². The van der Waals surface area contributed by atoms with Crippen molar-refractivity contribution < 1.29 is 4.48 Å². The Morgan fingerprint density at radius 2 is 1.89 bits per heavy atom. The van der Waals surface area contributed by atoms with Crippen molar-refractivity contribution in [2.24, 2.45) is 5.92 Å². The van der Waals surface area contributed by atoms with Crippen LogP contribution in [0.3, 0.4) is 0 Å². The average Bonchev–Trinajstić information content (AvgIpc) is 3.10. The summed E-state index contributed by atoms with van der Waals surface area (Å²) in [5, 5.41) is 0. The number of hydrogen-bond donors (Lipinski definition) is 0. The predicted octanol–water partition coefficient (Wildman–Crippen LogP) is 4.37. The van der Waals surface area contributed by atoms with Gasteiger partial charge in [-0.05, 0) is 48.4 Å². The molecule has 2 aliphatic rings. The summed E-state index contributed by atoms with van der Waals surface area (Å²) < 4.78 is 2.84. The number of benzene rings is 1. The number of likely N-dealkylation sites (tertiary alicyclic amines) is 1. The largest absolute Gasteiger partial charge is 0.317 e. The molecule has 18 heavy (non-hydrogen) atoms. The topological polar surface area (TPSA) is 0 Å². The number of quaternary nitrogens is 1. The standard InChI is InChI=1S/C16H23IN/c1-2-18(11-5-6-12-18)16(13-9-10-13)14-7-3-4-8-15(14)17/h3-4,7-8,13,16H,2,5-6,9-12H2,1H3/q+1. The van der Waals surface area contributed by atoms with E-state index in [9.17, 15) is 0 Å². The molecule has 2 heteroatoms. The Morgan fingerprint density at radius 3 is 2.44 bits per heavy atom. The highest BCUT2D eigenvalue weighted by molar-refractivity contribution is 14.1. The summed E-state index contributed by atoms with van der Waals surface area (Å²) in [5.74, 6) is 0.957. The van der Waals surface area contributed by atoms with Gasteiger partial charge in [0.2, 0.25) is 0 Å². The van der Waals surface area contributed by atoms with Crippen LogP contribution in [0.4, 0.5) is 0 Å². The van der Waals surface area contributed by atoms with Crippen LogP contribution in [0.2, 0.25) is 0 Å². The summed E-state index contributed by atoms with van der Waals surface area (Å²) in [6.07, 6.45) is 5.77. The maximum Gasteiger partial charge on any atom is 0.119 e. The molecular weight excluding hydrogens is 333 g/mol. The highest BCUT2D eigenvalue weighted by Crippen LogP contribution is 2.50. The maximum atomic E-state index is 2.54. The molecule has 98 valence electrons. The molecule has 1 aromatic carbocycles. The van der Waals surface area contributed by atoms with Crippen LogP contribution in [-0.2, 0) is 0 Å². The molecule has 1 saturated heterocycles. The molecule has 1 aliphatic heterocycles. The fourth-order valence-electron chi connectivity index (χ4n) is 3.88. The second kappa shape index (κ2) is 5.12. The number of nitrogens with zero attached hydrogens (tertiary/aromatic N) is 1. The smallest absolute Gasteiger partial charge is 0.119 e. The fourth-order valence-corrected chi connectivity index (χ4v) is 4.59. The zero-order chi connectivity index (χ0) is 12.6. The van der Waals surface area contributed by atoms with Crippen molar-refractivity contribution in [1.82, 2.24) is 0 Å². The van der Waals surface area contributed by atoms with Gasteiger partial charge in [0.05, 0.1) is 19.6 Å². The number of halogens is 1. The lowest BCUT2D eigenvalue weighted by Crippen LogP contribution is -2.49. The minimum Gasteiger partial charge on any atom is -0.317 e. The van der Waals surface area contributed by atoms with Gasteiger partial charge in [0, 0.05) is 27.9 Å². The van der Waals surface area contributed by atoms with Crippen LogP contribution in [0.1, 0.15) is 44.2 Å². The van der Waals surface area contributed by atoms with Crippen molar-refractivity contribution in [2.45, 2.75) is 38.6 Å². The van der Waals surface area contributed by atoms with E-state index < -0.39 is 0 Å². The summed E-state index contributed by atoms with van der Waals surface area (Å²) in [6.45, 7) is 6.52. The Labute approximate surface area is 124 Å². The summed E-state index contributed by atoms with van der Waals surface area (Å²) in [7, 11) is 0. The lowest BCUT2D eigenvalue weighted by Gasteiger charge is -2.42. The molecule has 1 heterocycles. The Balaban J connectivity index is 2.00. The monoisotopic (exact) mass is 356 g/mol. The van der Waals surface area contributed by atoms with Crippen LogP contribution in [0.25, 0.3) is 0 Å². The SMILES string of the molecule is CC[N+]1(C(c2ccccc2I)C2CC2)CCCC1. The molecule has 0 aromatic heterocycles. The molecule has 0 bridgehead atoms. The average molecular weight is 356 g/mol. The quantitative estimate of drug-likeness (QED) is 0.555. The van der Waals surface area contributed by atoms with E-state index >= 15 is 0 Å². The van der Waals surface area contributed by atoms with E-state index in [0.717, 1.165) is 12.0 Å². The van der Waals surface area contributed by atoms with Crippen LogP contribution in [0.5, 0.6) is 0 Å². The van der Waals surface area contributed by atoms with Gasteiger partial charge in [-0.3, -0.25) is 0 Å². The Hall–Kier alpha value is -0.0900. The van der Waals surface area contributed by atoms with Crippen molar-refractivity contribution in [1.29, 1.82) is 0 Å². The van der Waals surface area contributed by atoms with Crippen molar-refractivity contribution >= 4 is 22.6 Å². The van der Waals surface area contributed by atoms with E-state index in [1.54, 1.807) is 5.56 Å². The molecule has 0 amide bonds. The molecule has 0 N–H and O–H groups in total. The van der Waals surface area contributed by atoms with Crippen molar-refractivity contribution in [3.05, 3.63) is 33.4 Å². The van der Waals surface area contributed by atoms with Crippen molar-refractivity contribution in [3.8, 4) is 0 Å². The first-order valence-corrected chi connectivity index (χ1v) is 8.45. The first-order chi connectivity index (χ1) is 8.77. The van der Waals surface area contributed by atoms with E-state index in [4.69, 9.17) is 0 Å². The highest BCUT2D eigenvalue weighted by atomic mass is 127. The van der Waals surface area contributed by atoms with Gasteiger partial charge in [-0.1, -0.05) is 18.2 Å². The molecular formula is C16H23IN+. The van der Waals surface area contributed by atoms with Crippen LogP contribution >= 0.6 is 22.6 Å².